The van der Waals surface area contributed by atoms with Gasteiger partial charge in [0.15, 0.2) is 11.6 Å². The van der Waals surface area contributed by atoms with Gasteiger partial charge >= 0.3 is 48.1 Å². The van der Waals surface area contributed by atoms with Gasteiger partial charge in [0.2, 0.25) is 5.91 Å². The molecule has 0 radical (unpaired) electrons. The van der Waals surface area contributed by atoms with Crippen molar-refractivity contribution in [1.29, 1.82) is 0 Å². The van der Waals surface area contributed by atoms with Crippen molar-refractivity contribution in [2.45, 2.75) is 146 Å². The molecule has 3 fully saturated rings. The molecular formula is C88H99F2N17O15. The van der Waals surface area contributed by atoms with Crippen molar-refractivity contribution < 1.29 is 80.1 Å². The van der Waals surface area contributed by atoms with Crippen LogP contribution in [0.2, 0.25) is 0 Å². The van der Waals surface area contributed by atoms with E-state index in [1.54, 1.807) is 57.2 Å². The summed E-state index contributed by atoms with van der Waals surface area (Å²) < 4.78 is 59.9. The van der Waals surface area contributed by atoms with Gasteiger partial charge in [-0.2, -0.15) is 0 Å². The van der Waals surface area contributed by atoms with Crippen molar-refractivity contribution in [1.82, 2.24) is 81.9 Å². The van der Waals surface area contributed by atoms with Gasteiger partial charge in [0.25, 0.3) is 0 Å². The van der Waals surface area contributed by atoms with Crippen molar-refractivity contribution in [3.8, 4) is 0 Å². The molecule has 1 aliphatic carbocycles. The Bertz CT molecular complexity index is 5220. The fourth-order valence-electron chi connectivity index (χ4n) is 18.8. The van der Waals surface area contributed by atoms with Gasteiger partial charge in [-0.05, 0) is 236 Å². The van der Waals surface area contributed by atoms with Crippen LogP contribution in [0.3, 0.4) is 0 Å². The summed E-state index contributed by atoms with van der Waals surface area (Å²) in [7, 11) is 2.52. The van der Waals surface area contributed by atoms with E-state index in [1.165, 1.54) is 66.5 Å². The number of nitrogens with two attached hydrogens (primary N) is 1. The quantitative estimate of drug-likeness (QED) is 0.0292. The van der Waals surface area contributed by atoms with Gasteiger partial charge in [-0.25, -0.2) is 71.1 Å². The van der Waals surface area contributed by atoms with Crippen LogP contribution in [-0.2, 0) is 69.6 Å². The van der Waals surface area contributed by atoms with Gasteiger partial charge in [-0.3, -0.25) is 4.79 Å². The highest BCUT2D eigenvalue weighted by Crippen LogP contribution is 2.49. The molecule has 2 aromatic heterocycles. The van der Waals surface area contributed by atoms with E-state index in [1.807, 2.05) is 6.07 Å². The zero-order valence-electron chi connectivity index (χ0n) is 68.7. The van der Waals surface area contributed by atoms with Crippen LogP contribution in [0.5, 0.6) is 0 Å². The van der Waals surface area contributed by atoms with Crippen LogP contribution in [0, 0.1) is 11.6 Å². The molecule has 8 aliphatic heterocycles. The molecule has 3 atom stereocenters. The second-order valence-electron chi connectivity index (χ2n) is 32.1. The minimum Gasteiger partial charge on any atom is -0.466 e. The average Bonchev–Trinajstić information content (AvgIpc) is 1.70. The number of likely N-dealkylation sites (tertiary alicyclic amines) is 3. The molecule has 32 nitrogen and oxygen atoms in total. The average molecular weight is 1670 g/mol. The molecule has 0 bridgehead atoms. The number of imide groups is 3. The van der Waals surface area contributed by atoms with Crippen LogP contribution in [-0.4, -0.2) is 197 Å². The summed E-state index contributed by atoms with van der Waals surface area (Å²) in [6.45, 7) is 15.2. The highest BCUT2D eigenvalue weighted by Gasteiger charge is 2.49. The Labute approximate surface area is 702 Å². The van der Waals surface area contributed by atoms with E-state index in [4.69, 9.17) is 33.9 Å². The van der Waals surface area contributed by atoms with Crippen molar-refractivity contribution >= 4 is 76.1 Å². The number of aromatic nitrogens is 4. The number of aryl methyl sites for hydroxylation is 1. The maximum Gasteiger partial charge on any atom is 0.337 e. The number of urea groups is 6. The molecule has 3 saturated heterocycles. The number of benzene rings is 6. The second-order valence-corrected chi connectivity index (χ2v) is 32.1. The number of esters is 2. The predicted molar refractivity (Wildman–Crippen MR) is 439 cm³/mol. The van der Waals surface area contributed by atoms with Crippen molar-refractivity contribution in [3.05, 3.63) is 223 Å². The SMILES string of the molecule is CCC1=C(C(N)=O)C(c2ccc(F)c(F)c2)N(C(=O)NCCCN2CCC3(CC2)OCc2ccccc23)C(=O)N1.COC(=O)C1=C(C)NC(=O)N(C(=O)NCCCN2CCC3(CC2)OCc2ccccc23)C1c1ccc2nonc2c1.COC(=O)C1=C(C)NC(=O)N(C(=O)NCCCN2CCC3(CCc4ccccc43)CC2)C1c1ccc2nonc2c1. The number of carbonyl (C=O) groups is 9. The summed E-state index contributed by atoms with van der Waals surface area (Å²) >= 11 is 0. The maximum absolute atomic E-state index is 14.1. The van der Waals surface area contributed by atoms with Gasteiger partial charge in [-0.15, -0.1) is 0 Å². The van der Waals surface area contributed by atoms with Gasteiger partial charge < -0.3 is 71.3 Å². The monoisotopic (exact) mass is 1670 g/mol. The number of rotatable bonds is 19. The summed E-state index contributed by atoms with van der Waals surface area (Å²) in [5, 5.41) is 31.6. The normalized spacial score (nSPS) is 20.3. The maximum atomic E-state index is 14.1. The first kappa shape index (κ1) is 84.6. The highest BCUT2D eigenvalue weighted by molar-refractivity contribution is 6.04. The standard InChI is InChI=1S/C30H34N6O5.C29H33F2N5O4.C29H32N6O6/c1-19-25(27(37)40-2)26(21-8-9-23-24(18-21)34-41-33-23)36(29(39)32-19)28(38)31-14-5-15-35-16-12-30(13-17-35)11-10-20-6-3-4-7-22(20)30;1-2-23-24(26(32)37)25(18-8-9-21(30)22(31)16-18)36(28(39)34-23)27(38)33-12-5-13-35-14-10-29(11-15-35)20-7-4-3-6-19(20)17-40-29;1-18-24(26(36)39-2)25(19-8-9-22-23(16-19)33-41-32-22)35(28(38)31-18)27(37)30-12-5-13-34-14-10-29(11-15-34)21-7-4-3-6-20(21)17-40-29/h3-4,6-9,18,26H,5,10-17H2,1-2H3,(H,31,38)(H,32,39);3-4,6-9,16,25H,2,5,10-15,17H2,1H3,(H2,32,37)(H,33,38)(H,34,39);3-4,6-9,16,25H,5,10-15,17H2,1-2H3,(H,30,37)(H,31,38). The zero-order chi connectivity index (χ0) is 85.6. The molecule has 3 spiro atoms. The van der Waals surface area contributed by atoms with E-state index < -0.39 is 83.8 Å². The molecule has 8 aromatic rings. The van der Waals surface area contributed by atoms with Crippen LogP contribution >= 0.6 is 0 Å². The van der Waals surface area contributed by atoms with E-state index in [0.717, 1.165) is 131 Å². The van der Waals surface area contributed by atoms with Crippen LogP contribution in [0.1, 0.15) is 160 Å². The second kappa shape index (κ2) is 36.5. The number of halogens is 2. The first-order valence-electron chi connectivity index (χ1n) is 41.4. The summed E-state index contributed by atoms with van der Waals surface area (Å²) in [6.07, 6.45) is 10.7. The molecular weight excluding hydrogens is 1570 g/mol. The molecule has 122 heavy (non-hydrogen) atoms. The number of carbonyl (C=O) groups excluding carboxylic acids is 9. The van der Waals surface area contributed by atoms with E-state index >= 15 is 0 Å². The molecule has 9 aliphatic rings. The van der Waals surface area contributed by atoms with Gasteiger partial charge in [0.05, 0.1) is 55.4 Å². The largest absolute Gasteiger partial charge is 0.466 e. The fourth-order valence-corrected chi connectivity index (χ4v) is 18.8. The van der Waals surface area contributed by atoms with Crippen LogP contribution < -0.4 is 37.6 Å². The summed E-state index contributed by atoms with van der Waals surface area (Å²) in [4.78, 5) is 127. The van der Waals surface area contributed by atoms with Crippen molar-refractivity contribution in [2.24, 2.45) is 5.73 Å². The van der Waals surface area contributed by atoms with Gasteiger partial charge in [0, 0.05) is 62.9 Å². The minimum absolute atomic E-state index is 0.0544. The Hall–Kier alpha value is -12.4. The molecule has 34 heteroatoms. The van der Waals surface area contributed by atoms with Crippen LogP contribution in [0.15, 0.2) is 170 Å². The first-order chi connectivity index (χ1) is 59.0. The first-order valence-corrected chi connectivity index (χ1v) is 41.4. The Kier molecular flexibility index (Phi) is 25.3. The lowest BCUT2D eigenvalue weighted by Crippen LogP contribution is -2.55. The molecule has 10 heterocycles. The number of methoxy groups -OCH3 is 2. The molecule has 17 rings (SSSR count). The minimum atomic E-state index is -1.30. The third-order valence-corrected chi connectivity index (χ3v) is 25.2. The number of hydrogen-bond donors (Lipinski definition) is 7. The van der Waals surface area contributed by atoms with Gasteiger partial charge in [-0.1, -0.05) is 97.9 Å². The van der Waals surface area contributed by atoms with E-state index in [-0.39, 0.29) is 52.1 Å². The lowest BCUT2D eigenvalue weighted by Gasteiger charge is -2.40. The number of nitrogens with one attached hydrogen (secondary N) is 6. The lowest BCUT2D eigenvalue weighted by atomic mass is 9.74. The Morgan fingerprint density at radius 2 is 0.861 bits per heavy atom. The zero-order valence-corrected chi connectivity index (χ0v) is 68.7. The topological polar surface area (TPSA) is 386 Å². The molecule has 640 valence electrons. The number of hydrogen-bond acceptors (Lipinski definition) is 22. The third kappa shape index (κ3) is 17.2. The predicted octanol–water partition coefficient (Wildman–Crippen LogP) is 11.0. The Balaban J connectivity index is 0.000000142. The third-order valence-electron chi connectivity index (χ3n) is 25.2. The Morgan fingerprint density at radius 1 is 0.475 bits per heavy atom. The van der Waals surface area contributed by atoms with Crippen molar-refractivity contribution in [3.63, 3.8) is 0 Å². The highest BCUT2D eigenvalue weighted by atomic mass is 19.2. The number of nitrogens with zero attached hydrogens (tertiary/aromatic N) is 10. The molecule has 6 aromatic carbocycles. The number of primary amides is 1. The van der Waals surface area contributed by atoms with E-state index in [0.29, 0.717) is 89.1 Å². The number of amides is 13. The lowest BCUT2D eigenvalue weighted by molar-refractivity contribution is -0.137. The number of allylic oxidation sites excluding steroid dienone is 3. The van der Waals surface area contributed by atoms with Crippen LogP contribution in [0.25, 0.3) is 22.1 Å². The van der Waals surface area contributed by atoms with E-state index in [9.17, 15) is 51.9 Å². The summed E-state index contributed by atoms with van der Waals surface area (Å²) in [5.41, 5.74) is 17.8. The fraction of sp³-hybridized carbons (Fsp3) is 0.420. The Morgan fingerprint density at radius 3 is 1.29 bits per heavy atom. The smallest absolute Gasteiger partial charge is 0.337 e. The number of fused-ring (bicyclic) bond motifs is 8. The summed E-state index contributed by atoms with van der Waals surface area (Å²) in [6, 6.07) is 31.3. The molecule has 8 N–H and O–H groups in total. The molecule has 13 amide bonds. The van der Waals surface area contributed by atoms with Gasteiger partial charge in [0.1, 0.15) is 40.2 Å². The number of piperidine rings is 3. The molecule has 0 saturated carbocycles. The number of ether oxygens (including phenoxy) is 4. The van der Waals surface area contributed by atoms with E-state index in [2.05, 4.69) is 134 Å². The molecule has 3 unspecified atom stereocenters. The summed E-state index contributed by atoms with van der Waals surface area (Å²) in [5.74, 6) is -4.42. The van der Waals surface area contributed by atoms with Crippen molar-refractivity contribution in [2.75, 3.05) is 92.8 Å². The van der Waals surface area contributed by atoms with Crippen LogP contribution in [0.4, 0.5) is 37.5 Å².